The molecule has 19 heavy (non-hydrogen) atoms. The third kappa shape index (κ3) is 3.16. The lowest BCUT2D eigenvalue weighted by Gasteiger charge is -2.30. The molecule has 1 aromatic rings. The number of nitrogens with two attached hydrogens (primary N) is 1. The van der Waals surface area contributed by atoms with Crippen LogP contribution in [0.2, 0.25) is 0 Å². The quantitative estimate of drug-likeness (QED) is 0.767. The van der Waals surface area contributed by atoms with Crippen LogP contribution in [0.15, 0.2) is 0 Å². The lowest BCUT2D eigenvalue weighted by molar-refractivity contribution is 0.0656. The highest BCUT2D eigenvalue weighted by molar-refractivity contribution is 7.18. The van der Waals surface area contributed by atoms with Gasteiger partial charge < -0.3 is 21.1 Å². The van der Waals surface area contributed by atoms with E-state index in [1.54, 1.807) is 4.90 Å². The number of amides is 1. The van der Waals surface area contributed by atoms with Crippen LogP contribution in [-0.4, -0.2) is 47.1 Å². The van der Waals surface area contributed by atoms with Crippen molar-refractivity contribution in [1.82, 2.24) is 9.88 Å². The van der Waals surface area contributed by atoms with Gasteiger partial charge in [0.25, 0.3) is 5.91 Å². The van der Waals surface area contributed by atoms with Gasteiger partial charge in [-0.2, -0.15) is 0 Å². The van der Waals surface area contributed by atoms with Crippen molar-refractivity contribution in [2.75, 3.05) is 37.3 Å². The number of hydrogen-bond donors (Lipinski definition) is 3. The van der Waals surface area contributed by atoms with Gasteiger partial charge >= 0.3 is 0 Å². The number of carbonyl (C=O) groups excluding carboxylic acids is 1. The van der Waals surface area contributed by atoms with E-state index in [4.69, 9.17) is 10.8 Å². The number of anilines is 2. The zero-order valence-corrected chi connectivity index (χ0v) is 11.9. The van der Waals surface area contributed by atoms with Gasteiger partial charge in [-0.15, -0.1) is 0 Å². The number of rotatable bonds is 4. The summed E-state index contributed by atoms with van der Waals surface area (Å²) in [5, 5.41) is 12.9. The Morgan fingerprint density at radius 3 is 2.84 bits per heavy atom. The molecule has 7 heteroatoms. The lowest BCUT2D eigenvalue weighted by Crippen LogP contribution is -2.39. The summed E-state index contributed by atoms with van der Waals surface area (Å²) in [4.78, 5) is 18.8. The van der Waals surface area contributed by atoms with Crippen molar-refractivity contribution in [1.29, 1.82) is 0 Å². The molecule has 0 spiro atoms. The second kappa shape index (κ2) is 6.21. The van der Waals surface area contributed by atoms with Gasteiger partial charge in [0.15, 0.2) is 5.13 Å². The first kappa shape index (κ1) is 14.1. The van der Waals surface area contributed by atoms with E-state index >= 15 is 0 Å². The van der Waals surface area contributed by atoms with Crippen LogP contribution < -0.4 is 11.1 Å². The van der Waals surface area contributed by atoms with Gasteiger partial charge in [0.2, 0.25) is 0 Å². The van der Waals surface area contributed by atoms with Crippen LogP contribution in [0.1, 0.15) is 29.4 Å². The summed E-state index contributed by atoms with van der Waals surface area (Å²) in [7, 11) is 0. The Hall–Kier alpha value is -1.34. The summed E-state index contributed by atoms with van der Waals surface area (Å²) in [5.41, 5.74) is 5.80. The maximum absolute atomic E-state index is 12.4. The number of nitrogen functional groups attached to an aromatic ring is 1. The number of piperidine rings is 1. The van der Waals surface area contributed by atoms with Crippen LogP contribution in [-0.2, 0) is 0 Å². The molecular formula is C12H20N4O2S. The average Bonchev–Trinajstić information content (AvgIpc) is 2.79. The van der Waals surface area contributed by atoms with Gasteiger partial charge in [0.1, 0.15) is 10.7 Å². The van der Waals surface area contributed by atoms with Crippen molar-refractivity contribution in [2.24, 2.45) is 5.92 Å². The van der Waals surface area contributed by atoms with Crippen molar-refractivity contribution < 1.29 is 9.90 Å². The molecule has 2 heterocycles. The van der Waals surface area contributed by atoms with Gasteiger partial charge in [0, 0.05) is 26.2 Å². The molecule has 1 amide bonds. The van der Waals surface area contributed by atoms with E-state index < -0.39 is 0 Å². The minimum absolute atomic E-state index is 0.0458. The average molecular weight is 284 g/mol. The third-order valence-corrected chi connectivity index (χ3v) is 4.35. The Kier molecular flexibility index (Phi) is 4.60. The molecule has 6 nitrogen and oxygen atoms in total. The summed E-state index contributed by atoms with van der Waals surface area (Å²) in [6.45, 7) is 4.28. The standard InChI is InChI=1S/C12H20N4O2S/c1-2-14-12-15-10(13)9(19-12)11(18)16-5-3-8(7-17)4-6-16/h8,17H,2-7,13H2,1H3,(H,14,15). The van der Waals surface area contributed by atoms with Crippen LogP contribution in [0.5, 0.6) is 0 Å². The molecule has 1 aliphatic rings. The highest BCUT2D eigenvalue weighted by Gasteiger charge is 2.26. The van der Waals surface area contributed by atoms with E-state index in [0.29, 0.717) is 34.8 Å². The first-order valence-corrected chi connectivity index (χ1v) is 7.37. The Morgan fingerprint density at radius 1 is 1.58 bits per heavy atom. The Bertz CT molecular complexity index is 441. The van der Waals surface area contributed by atoms with E-state index in [1.165, 1.54) is 11.3 Å². The van der Waals surface area contributed by atoms with Gasteiger partial charge in [0.05, 0.1) is 0 Å². The van der Waals surface area contributed by atoms with Crippen molar-refractivity contribution >= 4 is 28.2 Å². The SMILES string of the molecule is CCNc1nc(N)c(C(=O)N2CCC(CO)CC2)s1. The summed E-state index contributed by atoms with van der Waals surface area (Å²) in [6, 6.07) is 0. The fourth-order valence-corrected chi connectivity index (χ4v) is 3.09. The number of thiazole rings is 1. The third-order valence-electron chi connectivity index (χ3n) is 3.34. The molecule has 0 unspecified atom stereocenters. The van der Waals surface area contributed by atoms with E-state index in [0.717, 1.165) is 19.4 Å². The first-order chi connectivity index (χ1) is 9.15. The smallest absolute Gasteiger partial charge is 0.267 e. The van der Waals surface area contributed by atoms with Gasteiger partial charge in [-0.1, -0.05) is 11.3 Å². The van der Waals surface area contributed by atoms with Crippen molar-refractivity contribution in [3.8, 4) is 0 Å². The van der Waals surface area contributed by atoms with E-state index in [1.807, 2.05) is 6.92 Å². The second-order valence-corrected chi connectivity index (χ2v) is 5.68. The van der Waals surface area contributed by atoms with Gasteiger partial charge in [-0.3, -0.25) is 4.79 Å². The lowest BCUT2D eigenvalue weighted by atomic mass is 9.98. The molecule has 0 radical (unpaired) electrons. The predicted octanol–water partition coefficient (Wildman–Crippen LogP) is 1.00. The largest absolute Gasteiger partial charge is 0.396 e. The number of hydrogen-bond acceptors (Lipinski definition) is 6. The molecule has 0 aliphatic carbocycles. The van der Waals surface area contributed by atoms with Crippen LogP contribution in [0.25, 0.3) is 0 Å². The Balaban J connectivity index is 2.03. The van der Waals surface area contributed by atoms with Crippen LogP contribution in [0, 0.1) is 5.92 Å². The second-order valence-electron chi connectivity index (χ2n) is 4.68. The number of aromatic nitrogens is 1. The van der Waals surface area contributed by atoms with Gasteiger partial charge in [-0.05, 0) is 25.7 Å². The Labute approximate surface area is 116 Å². The summed E-state index contributed by atoms with van der Waals surface area (Å²) in [5.74, 6) is 0.575. The summed E-state index contributed by atoms with van der Waals surface area (Å²) >= 11 is 1.30. The summed E-state index contributed by atoms with van der Waals surface area (Å²) < 4.78 is 0. The van der Waals surface area contributed by atoms with Gasteiger partial charge in [-0.25, -0.2) is 4.98 Å². The zero-order chi connectivity index (χ0) is 13.8. The monoisotopic (exact) mass is 284 g/mol. The molecule has 2 rings (SSSR count). The maximum Gasteiger partial charge on any atom is 0.267 e. The molecule has 1 saturated heterocycles. The minimum atomic E-state index is -0.0458. The topological polar surface area (TPSA) is 91.5 Å². The molecule has 1 fully saturated rings. The first-order valence-electron chi connectivity index (χ1n) is 6.56. The maximum atomic E-state index is 12.4. The molecule has 4 N–H and O–H groups in total. The van der Waals surface area contributed by atoms with E-state index in [2.05, 4.69) is 10.3 Å². The number of aliphatic hydroxyl groups is 1. The fourth-order valence-electron chi connectivity index (χ4n) is 2.17. The molecule has 1 aliphatic heterocycles. The Morgan fingerprint density at radius 2 is 2.26 bits per heavy atom. The highest BCUT2D eigenvalue weighted by atomic mass is 32.1. The molecular weight excluding hydrogens is 264 g/mol. The number of nitrogens with one attached hydrogen (secondary N) is 1. The van der Waals surface area contributed by atoms with Crippen molar-refractivity contribution in [2.45, 2.75) is 19.8 Å². The van der Waals surface area contributed by atoms with Crippen LogP contribution >= 0.6 is 11.3 Å². The highest BCUT2D eigenvalue weighted by Crippen LogP contribution is 2.27. The number of nitrogens with zero attached hydrogens (tertiary/aromatic N) is 2. The number of aliphatic hydroxyl groups excluding tert-OH is 1. The molecule has 106 valence electrons. The predicted molar refractivity (Wildman–Crippen MR) is 76.4 cm³/mol. The normalized spacial score (nSPS) is 16.6. The van der Waals surface area contributed by atoms with E-state index in [-0.39, 0.29) is 12.5 Å². The van der Waals surface area contributed by atoms with Crippen LogP contribution in [0.4, 0.5) is 10.9 Å². The van der Waals surface area contributed by atoms with Crippen LogP contribution in [0.3, 0.4) is 0 Å². The minimum Gasteiger partial charge on any atom is -0.396 e. The van der Waals surface area contributed by atoms with Crippen molar-refractivity contribution in [3.05, 3.63) is 4.88 Å². The molecule has 0 bridgehead atoms. The zero-order valence-electron chi connectivity index (χ0n) is 11.1. The van der Waals surface area contributed by atoms with E-state index in [9.17, 15) is 4.79 Å². The molecule has 0 atom stereocenters. The number of likely N-dealkylation sites (tertiary alicyclic amines) is 1. The number of carbonyl (C=O) groups is 1. The van der Waals surface area contributed by atoms with Crippen molar-refractivity contribution in [3.63, 3.8) is 0 Å². The summed E-state index contributed by atoms with van der Waals surface area (Å²) in [6.07, 6.45) is 1.70. The molecule has 0 saturated carbocycles. The molecule has 0 aromatic carbocycles. The fraction of sp³-hybridized carbons (Fsp3) is 0.667. The molecule has 1 aromatic heterocycles.